The Kier molecular flexibility index (Phi) is 7.91. The molecule has 6 aromatic rings. The Morgan fingerprint density at radius 1 is 0.419 bits per heavy atom. The molecule has 0 amide bonds. The molecular weight excluding hydrogens is 643 g/mol. The van der Waals surface area contributed by atoms with Crippen LogP contribution in [-0.4, -0.2) is 40.7 Å². The summed E-state index contributed by atoms with van der Waals surface area (Å²) in [4.78, 5) is 41.2. The van der Waals surface area contributed by atoms with E-state index in [1.165, 1.54) is 0 Å². The zero-order chi connectivity index (χ0) is 30.1. The second-order valence-corrected chi connectivity index (χ2v) is 14.1. The van der Waals surface area contributed by atoms with Crippen molar-refractivity contribution in [1.82, 2.24) is 0 Å². The molecule has 0 bridgehead atoms. The summed E-state index contributed by atoms with van der Waals surface area (Å²) in [5, 5.41) is 4.68. The molecule has 6 nitrogen and oxygen atoms in total. The van der Waals surface area contributed by atoms with E-state index in [0.29, 0.717) is 49.5 Å². The first-order valence-electron chi connectivity index (χ1n) is 13.9. The topological polar surface area (TPSA) is 78.9 Å². The second kappa shape index (κ2) is 11.9. The number of fused-ring (bicyclic) bond motifs is 3. The number of hydrogen-bond acceptors (Lipinski definition) is 6. The Labute approximate surface area is 258 Å². The first kappa shape index (κ1) is 28.5. The van der Waals surface area contributed by atoms with Crippen LogP contribution in [0.15, 0.2) is 109 Å². The minimum absolute atomic E-state index is 0.342. The van der Waals surface area contributed by atoms with Gasteiger partial charge in [0.25, 0.3) is 0 Å². The molecule has 210 valence electrons. The van der Waals surface area contributed by atoms with Gasteiger partial charge in [-0.1, -0.05) is 0 Å². The fourth-order valence-electron chi connectivity index (χ4n) is 5.47. The third kappa shape index (κ3) is 5.60. The molecule has 0 aromatic heterocycles. The molecule has 0 saturated heterocycles. The Bertz CT molecular complexity index is 1830. The van der Waals surface area contributed by atoms with Crippen molar-refractivity contribution in [1.29, 1.82) is 0 Å². The predicted molar refractivity (Wildman–Crippen MR) is 168 cm³/mol. The van der Waals surface area contributed by atoms with Gasteiger partial charge in [-0.05, 0) is 0 Å². The first-order chi connectivity index (χ1) is 20.8. The number of hydrogen-bond donors (Lipinski definition) is 0. The van der Waals surface area contributed by atoms with Crippen molar-refractivity contribution in [3.63, 3.8) is 0 Å². The van der Waals surface area contributed by atoms with E-state index < -0.39 is 40.7 Å². The SMILES string of the molecule is Cc1ccc2ccccc2c1C(=O)[O][In]([O]C(=O)c1c(C)ccc2ccccc12)[O]C(=O)c1c(C)ccc2ccccc12. The van der Waals surface area contributed by atoms with Crippen LogP contribution >= 0.6 is 0 Å². The molecule has 6 rings (SSSR count). The normalized spacial score (nSPS) is 11.0. The fraction of sp³-hybridized carbons (Fsp3) is 0.0833. The van der Waals surface area contributed by atoms with Gasteiger partial charge < -0.3 is 0 Å². The van der Waals surface area contributed by atoms with Crippen LogP contribution in [-0.2, 0) is 8.56 Å². The summed E-state index contributed by atoms with van der Waals surface area (Å²) in [7, 11) is 0. The Hall–Kier alpha value is -4.62. The molecule has 0 heterocycles. The van der Waals surface area contributed by atoms with E-state index >= 15 is 0 Å². The van der Waals surface area contributed by atoms with Crippen LogP contribution in [0.1, 0.15) is 47.8 Å². The van der Waals surface area contributed by atoms with Crippen molar-refractivity contribution in [2.24, 2.45) is 0 Å². The molecule has 43 heavy (non-hydrogen) atoms. The van der Waals surface area contributed by atoms with E-state index in [1.807, 2.05) is 130 Å². The van der Waals surface area contributed by atoms with E-state index in [9.17, 15) is 14.4 Å². The minimum atomic E-state index is -4.70. The van der Waals surface area contributed by atoms with Gasteiger partial charge >= 0.3 is 259 Å². The summed E-state index contributed by atoms with van der Waals surface area (Å²) in [5.74, 6) is -2.08. The van der Waals surface area contributed by atoms with Crippen molar-refractivity contribution in [3.05, 3.63) is 143 Å². The van der Waals surface area contributed by atoms with Crippen LogP contribution in [0.5, 0.6) is 0 Å². The summed E-state index contributed by atoms with van der Waals surface area (Å²) in [6, 6.07) is 33.7. The first-order valence-corrected chi connectivity index (χ1v) is 17.9. The summed E-state index contributed by atoms with van der Waals surface area (Å²) < 4.78 is 17.7. The van der Waals surface area contributed by atoms with Gasteiger partial charge in [0, 0.05) is 0 Å². The van der Waals surface area contributed by atoms with Crippen molar-refractivity contribution in [2.45, 2.75) is 20.8 Å². The molecule has 0 spiro atoms. The van der Waals surface area contributed by atoms with Crippen LogP contribution in [0.2, 0.25) is 0 Å². The summed E-state index contributed by atoms with van der Waals surface area (Å²) in [5.41, 5.74) is 3.11. The monoisotopic (exact) mass is 670 g/mol. The van der Waals surface area contributed by atoms with E-state index in [4.69, 9.17) is 8.56 Å². The molecular formula is C36H27InO6. The Balaban J connectivity index is 1.39. The number of aryl methyl sites for hydroxylation is 3. The van der Waals surface area contributed by atoms with Crippen LogP contribution < -0.4 is 0 Å². The molecule has 6 aromatic carbocycles. The van der Waals surface area contributed by atoms with Gasteiger partial charge in [0.2, 0.25) is 0 Å². The van der Waals surface area contributed by atoms with Crippen molar-refractivity contribution in [3.8, 4) is 0 Å². The summed E-state index contributed by atoms with van der Waals surface area (Å²) >= 11 is -4.70. The van der Waals surface area contributed by atoms with Crippen molar-refractivity contribution < 1.29 is 22.9 Å². The van der Waals surface area contributed by atoms with E-state index in [0.717, 1.165) is 16.2 Å². The average Bonchev–Trinajstić information content (AvgIpc) is 3.00. The third-order valence-electron chi connectivity index (χ3n) is 7.63. The number of rotatable bonds is 6. The average molecular weight is 670 g/mol. The third-order valence-corrected chi connectivity index (χ3v) is 11.1. The molecule has 0 radical (unpaired) electrons. The van der Waals surface area contributed by atoms with Gasteiger partial charge in [0.15, 0.2) is 0 Å². The molecule has 0 aliphatic rings. The van der Waals surface area contributed by atoms with E-state index in [2.05, 4.69) is 0 Å². The maximum atomic E-state index is 13.7. The quantitative estimate of drug-likeness (QED) is 0.179. The summed E-state index contributed by atoms with van der Waals surface area (Å²) in [6.45, 7) is 5.43. The van der Waals surface area contributed by atoms with Crippen LogP contribution in [0.25, 0.3) is 32.3 Å². The molecule has 7 heteroatoms. The van der Waals surface area contributed by atoms with Gasteiger partial charge in [0.05, 0.1) is 0 Å². The zero-order valence-corrected chi connectivity index (χ0v) is 27.2. The predicted octanol–water partition coefficient (Wildman–Crippen LogP) is 7.93. The van der Waals surface area contributed by atoms with Crippen molar-refractivity contribution >= 4 is 73.0 Å². The molecule has 0 N–H and O–H groups in total. The maximum absolute atomic E-state index is 13.7. The van der Waals surface area contributed by atoms with Gasteiger partial charge in [-0.3, -0.25) is 0 Å². The second-order valence-electron chi connectivity index (χ2n) is 10.4. The molecule has 0 aliphatic heterocycles. The zero-order valence-electron chi connectivity index (χ0n) is 23.9. The molecule has 0 saturated carbocycles. The number of carbonyl (C=O) groups is 3. The van der Waals surface area contributed by atoms with Gasteiger partial charge in [0.1, 0.15) is 0 Å². The Morgan fingerprint density at radius 2 is 0.698 bits per heavy atom. The van der Waals surface area contributed by atoms with Gasteiger partial charge in [-0.2, -0.15) is 0 Å². The standard InChI is InChI=1S/3C12H10O2.In/c3*1-8-6-7-9-4-2-3-5-10(9)11(8)12(13)14;/h3*2-7H,1H3,(H,13,14);/q;;;+3/p-3. The molecule has 0 fully saturated rings. The number of carbonyl (C=O) groups excluding carboxylic acids is 3. The molecule has 0 unspecified atom stereocenters. The fourth-order valence-corrected chi connectivity index (χ4v) is 8.38. The summed E-state index contributed by atoms with van der Waals surface area (Å²) in [6.07, 6.45) is 0. The molecule has 0 aliphatic carbocycles. The van der Waals surface area contributed by atoms with Crippen molar-refractivity contribution in [2.75, 3.05) is 0 Å². The van der Waals surface area contributed by atoms with E-state index in [-0.39, 0.29) is 0 Å². The van der Waals surface area contributed by atoms with Gasteiger partial charge in [-0.15, -0.1) is 0 Å². The number of benzene rings is 6. The van der Waals surface area contributed by atoms with E-state index in [1.54, 1.807) is 0 Å². The van der Waals surface area contributed by atoms with Crippen LogP contribution in [0.4, 0.5) is 0 Å². The Morgan fingerprint density at radius 3 is 1.00 bits per heavy atom. The van der Waals surface area contributed by atoms with Gasteiger partial charge in [-0.25, -0.2) is 0 Å². The van der Waals surface area contributed by atoms with Crippen LogP contribution in [0, 0.1) is 20.8 Å². The molecule has 0 atom stereocenters. The van der Waals surface area contributed by atoms with Crippen LogP contribution in [0.3, 0.4) is 0 Å².